The van der Waals surface area contributed by atoms with E-state index in [2.05, 4.69) is 12.2 Å². The summed E-state index contributed by atoms with van der Waals surface area (Å²) in [4.78, 5) is 11.6. The molecule has 0 radical (unpaired) electrons. The van der Waals surface area contributed by atoms with Gasteiger partial charge in [0.1, 0.15) is 5.75 Å². The Bertz CT molecular complexity index is 427. The van der Waals surface area contributed by atoms with E-state index in [0.29, 0.717) is 13.2 Å². The summed E-state index contributed by atoms with van der Waals surface area (Å²) in [6.07, 6.45) is 0. The molecule has 2 aliphatic heterocycles. The lowest BCUT2D eigenvalue weighted by Gasteiger charge is -2.29. The molecule has 3 nitrogen and oxygen atoms in total. The number of hydrogen-bond donors (Lipinski definition) is 1. The molecule has 0 aliphatic carbocycles. The van der Waals surface area contributed by atoms with Gasteiger partial charge >= 0.3 is 0 Å². The Morgan fingerprint density at radius 1 is 1.50 bits per heavy atom. The normalized spacial score (nSPS) is 27.9. The molecule has 1 unspecified atom stereocenters. The third-order valence-electron chi connectivity index (χ3n) is 3.06. The molecule has 14 heavy (non-hydrogen) atoms. The Morgan fingerprint density at radius 3 is 3.21 bits per heavy atom. The minimum absolute atomic E-state index is 0.0184. The van der Waals surface area contributed by atoms with Gasteiger partial charge in [0.05, 0.1) is 6.61 Å². The van der Waals surface area contributed by atoms with Crippen LogP contribution in [0.3, 0.4) is 0 Å². The fourth-order valence-corrected chi connectivity index (χ4v) is 2.28. The summed E-state index contributed by atoms with van der Waals surface area (Å²) in [6.45, 7) is 3.47. The van der Waals surface area contributed by atoms with Gasteiger partial charge in [-0.3, -0.25) is 4.79 Å². The third-order valence-corrected chi connectivity index (χ3v) is 3.06. The minimum atomic E-state index is -0.0279. The number of hydrogen-bond acceptors (Lipinski definition) is 2. The standard InChI is InChI=1S/C11H11NO2/c1-11-5-12-10(13)7-3-2-4-8(9(7)11)14-6-11/h2-4H,5-6H2,1H3,(H,12,13). The Balaban J connectivity index is 2.32. The minimum Gasteiger partial charge on any atom is -0.492 e. The molecule has 0 bridgehead atoms. The van der Waals surface area contributed by atoms with Crippen LogP contribution in [-0.2, 0) is 5.41 Å². The van der Waals surface area contributed by atoms with Crippen molar-refractivity contribution in [1.82, 2.24) is 5.32 Å². The van der Waals surface area contributed by atoms with E-state index in [0.717, 1.165) is 16.9 Å². The van der Waals surface area contributed by atoms with Crippen molar-refractivity contribution in [2.24, 2.45) is 0 Å². The van der Waals surface area contributed by atoms with Crippen molar-refractivity contribution in [2.45, 2.75) is 12.3 Å². The highest BCUT2D eigenvalue weighted by atomic mass is 16.5. The van der Waals surface area contributed by atoms with Crippen molar-refractivity contribution < 1.29 is 9.53 Å². The summed E-state index contributed by atoms with van der Waals surface area (Å²) >= 11 is 0. The predicted molar refractivity (Wildman–Crippen MR) is 51.6 cm³/mol. The number of carbonyl (C=O) groups excluding carboxylic acids is 1. The first-order valence-electron chi connectivity index (χ1n) is 4.75. The lowest BCUT2D eigenvalue weighted by atomic mass is 9.79. The van der Waals surface area contributed by atoms with Gasteiger partial charge in [0.15, 0.2) is 0 Å². The summed E-state index contributed by atoms with van der Waals surface area (Å²) in [5.74, 6) is 0.893. The van der Waals surface area contributed by atoms with Crippen molar-refractivity contribution in [1.29, 1.82) is 0 Å². The van der Waals surface area contributed by atoms with Gasteiger partial charge in [0.2, 0.25) is 0 Å². The summed E-state index contributed by atoms with van der Waals surface area (Å²) in [5.41, 5.74) is 1.83. The largest absolute Gasteiger partial charge is 0.492 e. The second-order valence-corrected chi connectivity index (χ2v) is 4.21. The van der Waals surface area contributed by atoms with Gasteiger partial charge in [-0.15, -0.1) is 0 Å². The van der Waals surface area contributed by atoms with E-state index in [1.807, 2.05) is 18.2 Å². The van der Waals surface area contributed by atoms with E-state index < -0.39 is 0 Å². The number of carbonyl (C=O) groups is 1. The molecule has 1 atom stereocenters. The molecule has 0 saturated heterocycles. The number of amides is 1. The average Bonchev–Trinajstić information content (AvgIpc) is 2.54. The van der Waals surface area contributed by atoms with Crippen LogP contribution < -0.4 is 10.1 Å². The fraction of sp³-hybridized carbons (Fsp3) is 0.364. The first-order chi connectivity index (χ1) is 6.71. The molecular weight excluding hydrogens is 178 g/mol. The van der Waals surface area contributed by atoms with E-state index in [9.17, 15) is 4.79 Å². The van der Waals surface area contributed by atoms with Crippen LogP contribution >= 0.6 is 0 Å². The number of rotatable bonds is 0. The highest BCUT2D eigenvalue weighted by Crippen LogP contribution is 2.42. The zero-order chi connectivity index (χ0) is 9.76. The van der Waals surface area contributed by atoms with Crippen LogP contribution in [0, 0.1) is 0 Å². The van der Waals surface area contributed by atoms with Gasteiger partial charge in [0.25, 0.3) is 5.91 Å². The van der Waals surface area contributed by atoms with Gasteiger partial charge < -0.3 is 10.1 Å². The topological polar surface area (TPSA) is 38.3 Å². The smallest absolute Gasteiger partial charge is 0.251 e. The van der Waals surface area contributed by atoms with Gasteiger partial charge in [0, 0.05) is 23.1 Å². The quantitative estimate of drug-likeness (QED) is 0.663. The second kappa shape index (κ2) is 2.29. The number of nitrogens with one attached hydrogen (secondary N) is 1. The van der Waals surface area contributed by atoms with Crippen LogP contribution in [0.1, 0.15) is 22.8 Å². The van der Waals surface area contributed by atoms with Crippen LogP contribution in [-0.4, -0.2) is 19.1 Å². The fourth-order valence-electron chi connectivity index (χ4n) is 2.28. The molecule has 0 aromatic heterocycles. The number of ether oxygens (including phenoxy) is 1. The van der Waals surface area contributed by atoms with Crippen molar-refractivity contribution in [3.05, 3.63) is 29.3 Å². The maximum Gasteiger partial charge on any atom is 0.251 e. The summed E-state index contributed by atoms with van der Waals surface area (Å²) in [5, 5.41) is 2.89. The Kier molecular flexibility index (Phi) is 1.29. The lowest BCUT2D eigenvalue weighted by Crippen LogP contribution is -2.45. The van der Waals surface area contributed by atoms with Gasteiger partial charge in [-0.05, 0) is 12.1 Å². The SMILES string of the molecule is CC12CNC(=O)c3cccc(c31)OC2. The van der Waals surface area contributed by atoms with Crippen LogP contribution in [0.5, 0.6) is 5.75 Å². The average molecular weight is 189 g/mol. The second-order valence-electron chi connectivity index (χ2n) is 4.21. The maximum atomic E-state index is 11.6. The molecule has 0 spiro atoms. The van der Waals surface area contributed by atoms with Gasteiger partial charge in [-0.2, -0.15) is 0 Å². The van der Waals surface area contributed by atoms with Crippen molar-refractivity contribution in [3.63, 3.8) is 0 Å². The third kappa shape index (κ3) is 0.794. The van der Waals surface area contributed by atoms with Crippen molar-refractivity contribution >= 4 is 5.91 Å². The van der Waals surface area contributed by atoms with E-state index >= 15 is 0 Å². The molecule has 1 aromatic rings. The molecular formula is C11H11NO2. The first-order valence-corrected chi connectivity index (χ1v) is 4.75. The highest BCUT2D eigenvalue weighted by molar-refractivity contribution is 5.98. The maximum absolute atomic E-state index is 11.6. The van der Waals surface area contributed by atoms with Gasteiger partial charge in [-0.1, -0.05) is 13.0 Å². The lowest BCUT2D eigenvalue weighted by molar-refractivity contribution is 0.0926. The van der Waals surface area contributed by atoms with Crippen LogP contribution in [0.2, 0.25) is 0 Å². The van der Waals surface area contributed by atoms with Crippen molar-refractivity contribution in [2.75, 3.05) is 13.2 Å². The Hall–Kier alpha value is -1.51. The molecule has 3 heteroatoms. The van der Waals surface area contributed by atoms with E-state index in [1.165, 1.54) is 0 Å². The van der Waals surface area contributed by atoms with Crippen LogP contribution in [0.25, 0.3) is 0 Å². The zero-order valence-electron chi connectivity index (χ0n) is 7.96. The van der Waals surface area contributed by atoms with Gasteiger partial charge in [-0.25, -0.2) is 0 Å². The summed E-state index contributed by atoms with van der Waals surface area (Å²) < 4.78 is 5.58. The predicted octanol–water partition coefficient (Wildman–Crippen LogP) is 1.08. The molecule has 0 saturated carbocycles. The molecule has 2 heterocycles. The monoisotopic (exact) mass is 189 g/mol. The first kappa shape index (κ1) is 7.85. The molecule has 0 fully saturated rings. The van der Waals surface area contributed by atoms with E-state index in [-0.39, 0.29) is 11.3 Å². The molecule has 72 valence electrons. The van der Waals surface area contributed by atoms with Crippen LogP contribution in [0.15, 0.2) is 18.2 Å². The molecule has 1 amide bonds. The molecule has 2 aliphatic rings. The molecule has 3 rings (SSSR count). The Labute approximate surface area is 82.1 Å². The Morgan fingerprint density at radius 2 is 2.36 bits per heavy atom. The highest BCUT2D eigenvalue weighted by Gasteiger charge is 2.42. The van der Waals surface area contributed by atoms with Crippen molar-refractivity contribution in [3.8, 4) is 5.75 Å². The van der Waals surface area contributed by atoms with Crippen LogP contribution in [0.4, 0.5) is 0 Å². The molecule has 1 aromatic carbocycles. The number of benzene rings is 1. The van der Waals surface area contributed by atoms with E-state index in [4.69, 9.17) is 4.74 Å². The summed E-state index contributed by atoms with van der Waals surface area (Å²) in [6, 6.07) is 5.66. The van der Waals surface area contributed by atoms with E-state index in [1.54, 1.807) is 0 Å². The summed E-state index contributed by atoms with van der Waals surface area (Å²) in [7, 11) is 0. The molecule has 1 N–H and O–H groups in total. The zero-order valence-corrected chi connectivity index (χ0v) is 7.96.